The number of halogens is 1. The molecule has 0 radical (unpaired) electrons. The predicted octanol–water partition coefficient (Wildman–Crippen LogP) is 2.76. The van der Waals surface area contributed by atoms with Crippen molar-refractivity contribution in [1.29, 1.82) is 0 Å². The molecule has 1 unspecified atom stereocenters. The molecule has 0 heterocycles. The van der Waals surface area contributed by atoms with Crippen LogP contribution in [-0.4, -0.2) is 36.5 Å². The first kappa shape index (κ1) is 17.6. The molecule has 0 fully saturated rings. The number of rotatable bonds is 8. The van der Waals surface area contributed by atoms with Gasteiger partial charge in [-0.25, -0.2) is 0 Å². The number of benzene rings is 1. The zero-order chi connectivity index (χ0) is 15.8. The molecule has 0 bridgehead atoms. The molecule has 21 heavy (non-hydrogen) atoms. The van der Waals surface area contributed by atoms with Gasteiger partial charge >= 0.3 is 0 Å². The molecule has 1 atom stereocenters. The minimum atomic E-state index is -0.569. The van der Waals surface area contributed by atoms with Crippen LogP contribution >= 0.6 is 15.9 Å². The van der Waals surface area contributed by atoms with Crippen molar-refractivity contribution in [1.82, 2.24) is 4.90 Å². The van der Waals surface area contributed by atoms with E-state index in [1.807, 2.05) is 19.1 Å². The molecule has 0 aromatic heterocycles. The van der Waals surface area contributed by atoms with E-state index in [0.29, 0.717) is 17.3 Å². The van der Waals surface area contributed by atoms with E-state index in [2.05, 4.69) is 15.9 Å². The summed E-state index contributed by atoms with van der Waals surface area (Å²) in [4.78, 5) is 35.6. The van der Waals surface area contributed by atoms with E-state index in [0.717, 1.165) is 30.1 Å². The second-order valence-electron chi connectivity index (χ2n) is 4.79. The summed E-state index contributed by atoms with van der Waals surface area (Å²) in [6.07, 6.45) is 2.85. The largest absolute Gasteiger partial charge is 0.332 e. The van der Waals surface area contributed by atoms with Crippen molar-refractivity contribution in [2.45, 2.75) is 37.6 Å². The van der Waals surface area contributed by atoms with E-state index in [1.54, 1.807) is 13.1 Å². The summed E-state index contributed by atoms with van der Waals surface area (Å²) in [6, 6.07) is 5.04. The fourth-order valence-corrected chi connectivity index (χ4v) is 2.84. The molecule has 0 spiro atoms. The first-order chi connectivity index (χ1) is 10.1. The molecule has 0 N–H and O–H groups in total. The van der Waals surface area contributed by atoms with Gasteiger partial charge in [-0.1, -0.05) is 35.0 Å². The van der Waals surface area contributed by atoms with Gasteiger partial charge in [-0.15, -0.1) is 0 Å². The Morgan fingerprint density at radius 2 is 2.10 bits per heavy atom. The molecule has 1 amide bonds. The third-order valence-corrected chi connectivity index (χ3v) is 4.16. The van der Waals surface area contributed by atoms with Crippen molar-refractivity contribution < 1.29 is 14.4 Å². The second-order valence-corrected chi connectivity index (χ2v) is 5.35. The number of alkyl halides is 1. The van der Waals surface area contributed by atoms with E-state index < -0.39 is 6.04 Å². The lowest BCUT2D eigenvalue weighted by Gasteiger charge is -2.25. The van der Waals surface area contributed by atoms with Crippen LogP contribution in [0.1, 0.15) is 41.3 Å². The van der Waals surface area contributed by atoms with Gasteiger partial charge in [-0.2, -0.15) is 0 Å². The van der Waals surface area contributed by atoms with Crippen molar-refractivity contribution in [2.24, 2.45) is 0 Å². The van der Waals surface area contributed by atoms with Gasteiger partial charge in [0.05, 0.1) is 6.04 Å². The molecule has 1 aromatic carbocycles. The molecule has 114 valence electrons. The van der Waals surface area contributed by atoms with E-state index in [-0.39, 0.29) is 12.3 Å². The lowest BCUT2D eigenvalue weighted by Crippen LogP contribution is -2.38. The van der Waals surface area contributed by atoms with E-state index in [1.165, 1.54) is 4.90 Å². The summed E-state index contributed by atoms with van der Waals surface area (Å²) in [5.41, 5.74) is 2.69. The Balaban J connectivity index is 3.06. The van der Waals surface area contributed by atoms with Crippen molar-refractivity contribution in [3.63, 3.8) is 0 Å². The Morgan fingerprint density at radius 1 is 1.38 bits per heavy atom. The Labute approximate surface area is 133 Å². The summed E-state index contributed by atoms with van der Waals surface area (Å²) in [5.74, 6) is -0.183. The molecule has 0 saturated carbocycles. The normalized spacial score (nSPS) is 11.8. The SMILES string of the molecule is CCc1c(CBr)cccc1C(=O)N(C)C(C=O)CCC=O. The van der Waals surface area contributed by atoms with E-state index >= 15 is 0 Å². The van der Waals surface area contributed by atoms with Crippen LogP contribution in [0.15, 0.2) is 18.2 Å². The van der Waals surface area contributed by atoms with Crippen molar-refractivity contribution >= 4 is 34.4 Å². The summed E-state index contributed by atoms with van der Waals surface area (Å²) in [7, 11) is 1.60. The highest BCUT2D eigenvalue weighted by atomic mass is 79.9. The fourth-order valence-electron chi connectivity index (χ4n) is 2.31. The van der Waals surface area contributed by atoms with Crippen LogP contribution in [0.5, 0.6) is 0 Å². The average Bonchev–Trinajstić information content (AvgIpc) is 2.53. The number of aldehydes is 2. The molecule has 0 aliphatic rings. The molecule has 0 aliphatic carbocycles. The minimum Gasteiger partial charge on any atom is -0.332 e. The molecular formula is C16H20BrNO3. The maximum Gasteiger partial charge on any atom is 0.254 e. The van der Waals surface area contributed by atoms with Crippen LogP contribution in [0.3, 0.4) is 0 Å². The number of likely N-dealkylation sites (N-methyl/N-ethyl adjacent to an activating group) is 1. The molecule has 1 rings (SSSR count). The topological polar surface area (TPSA) is 54.5 Å². The monoisotopic (exact) mass is 353 g/mol. The smallest absolute Gasteiger partial charge is 0.254 e. The van der Waals surface area contributed by atoms with Crippen molar-refractivity contribution in [3.8, 4) is 0 Å². The van der Waals surface area contributed by atoms with Gasteiger partial charge in [-0.05, 0) is 30.0 Å². The van der Waals surface area contributed by atoms with Gasteiger partial charge in [-0.3, -0.25) is 4.79 Å². The zero-order valence-electron chi connectivity index (χ0n) is 12.3. The first-order valence-electron chi connectivity index (χ1n) is 6.93. The van der Waals surface area contributed by atoms with Crippen LogP contribution in [0, 0.1) is 0 Å². The van der Waals surface area contributed by atoms with Crippen molar-refractivity contribution in [3.05, 3.63) is 34.9 Å². The summed E-state index contributed by atoms with van der Waals surface area (Å²) >= 11 is 3.43. The zero-order valence-corrected chi connectivity index (χ0v) is 13.9. The number of carbonyl (C=O) groups excluding carboxylic acids is 3. The van der Waals surface area contributed by atoms with Crippen LogP contribution in [0.4, 0.5) is 0 Å². The van der Waals surface area contributed by atoms with Crippen molar-refractivity contribution in [2.75, 3.05) is 7.05 Å². The summed E-state index contributed by atoms with van der Waals surface area (Å²) < 4.78 is 0. The van der Waals surface area contributed by atoms with Gasteiger partial charge in [0.15, 0.2) is 0 Å². The number of amides is 1. The van der Waals surface area contributed by atoms with Crippen LogP contribution in [0.2, 0.25) is 0 Å². The molecule has 0 aliphatic heterocycles. The Hall–Kier alpha value is -1.49. The van der Waals surface area contributed by atoms with E-state index in [9.17, 15) is 14.4 Å². The maximum atomic E-state index is 12.6. The highest BCUT2D eigenvalue weighted by Crippen LogP contribution is 2.20. The fraction of sp³-hybridized carbons (Fsp3) is 0.438. The number of nitrogens with zero attached hydrogens (tertiary/aromatic N) is 1. The van der Waals surface area contributed by atoms with Gasteiger partial charge in [0, 0.05) is 24.4 Å². The van der Waals surface area contributed by atoms with Gasteiger partial charge in [0.2, 0.25) is 0 Å². The maximum absolute atomic E-state index is 12.6. The Morgan fingerprint density at radius 3 is 2.62 bits per heavy atom. The molecule has 1 aromatic rings. The summed E-state index contributed by atoms with van der Waals surface area (Å²) in [5, 5.41) is 0.684. The third kappa shape index (κ3) is 4.24. The Kier molecular flexibility index (Phi) is 7.29. The highest BCUT2D eigenvalue weighted by Gasteiger charge is 2.22. The van der Waals surface area contributed by atoms with Crippen LogP contribution in [-0.2, 0) is 21.3 Å². The number of hydrogen-bond donors (Lipinski definition) is 0. The van der Waals surface area contributed by atoms with Crippen LogP contribution < -0.4 is 0 Å². The van der Waals surface area contributed by atoms with Gasteiger partial charge in [0.1, 0.15) is 12.6 Å². The molecule has 4 nitrogen and oxygen atoms in total. The summed E-state index contributed by atoms with van der Waals surface area (Å²) in [6.45, 7) is 2.00. The Bertz CT molecular complexity index is 516. The van der Waals surface area contributed by atoms with Gasteiger partial charge in [0.25, 0.3) is 5.91 Å². The molecule has 0 saturated heterocycles. The third-order valence-electron chi connectivity index (χ3n) is 3.56. The second kappa shape index (κ2) is 8.72. The standard InChI is InChI=1S/C16H20BrNO3/c1-3-14-12(10-17)6-4-8-15(14)16(21)18(2)13(11-20)7-5-9-19/h4,6,8-9,11,13H,3,5,7,10H2,1-2H3. The quantitative estimate of drug-likeness (QED) is 0.533. The molecule has 5 heteroatoms. The van der Waals surface area contributed by atoms with Gasteiger partial charge < -0.3 is 14.5 Å². The first-order valence-corrected chi connectivity index (χ1v) is 8.05. The lowest BCUT2D eigenvalue weighted by atomic mass is 9.98. The predicted molar refractivity (Wildman–Crippen MR) is 85.7 cm³/mol. The number of hydrogen-bond acceptors (Lipinski definition) is 3. The number of carbonyl (C=O) groups is 3. The van der Waals surface area contributed by atoms with Crippen LogP contribution in [0.25, 0.3) is 0 Å². The van der Waals surface area contributed by atoms with E-state index in [4.69, 9.17) is 0 Å². The lowest BCUT2D eigenvalue weighted by molar-refractivity contribution is -0.112. The average molecular weight is 354 g/mol. The minimum absolute atomic E-state index is 0.183. The molecular weight excluding hydrogens is 334 g/mol. The highest BCUT2D eigenvalue weighted by molar-refractivity contribution is 9.08.